The second-order valence-electron chi connectivity index (χ2n) is 6.70. The lowest BCUT2D eigenvalue weighted by Gasteiger charge is -2.17. The molecule has 2 heterocycles. The van der Waals surface area contributed by atoms with Crippen LogP contribution in [0.3, 0.4) is 0 Å². The summed E-state index contributed by atoms with van der Waals surface area (Å²) in [4.78, 5) is 24.5. The second-order valence-corrected chi connectivity index (χ2v) is 6.70. The van der Waals surface area contributed by atoms with Crippen molar-refractivity contribution in [1.82, 2.24) is 20.5 Å². The molecule has 144 valence electrons. The van der Waals surface area contributed by atoms with E-state index in [4.69, 9.17) is 4.74 Å². The summed E-state index contributed by atoms with van der Waals surface area (Å²) in [6.45, 7) is 2.11. The maximum absolute atomic E-state index is 11.8. The molecule has 26 heavy (non-hydrogen) atoms. The highest BCUT2D eigenvalue weighted by atomic mass is 16.5. The summed E-state index contributed by atoms with van der Waals surface area (Å²) in [6.07, 6.45) is 2.33. The molecule has 1 saturated heterocycles. The number of guanidine groups is 1. The minimum absolute atomic E-state index is 0.00986. The Bertz CT molecular complexity index is 611. The van der Waals surface area contributed by atoms with E-state index in [1.54, 1.807) is 19.0 Å². The van der Waals surface area contributed by atoms with Crippen molar-refractivity contribution in [3.63, 3.8) is 0 Å². The van der Waals surface area contributed by atoms with E-state index in [0.29, 0.717) is 19.0 Å². The lowest BCUT2D eigenvalue weighted by Crippen LogP contribution is -2.45. The molecule has 8 nitrogen and oxygen atoms in total. The minimum atomic E-state index is -0.00986. The molecule has 2 rings (SSSR count). The van der Waals surface area contributed by atoms with E-state index in [0.717, 1.165) is 31.0 Å². The van der Waals surface area contributed by atoms with Gasteiger partial charge in [0, 0.05) is 41.3 Å². The molecule has 0 spiro atoms. The number of hydrogen-bond donors (Lipinski definition) is 2. The van der Waals surface area contributed by atoms with Crippen LogP contribution in [0, 0.1) is 0 Å². The molecular formula is C18H30N6O2. The highest BCUT2D eigenvalue weighted by molar-refractivity contribution is 5.86. The number of ether oxygens (including phenoxy) is 1. The molecule has 0 radical (unpaired) electrons. The molecule has 1 aromatic heterocycles. The monoisotopic (exact) mass is 362 g/mol. The van der Waals surface area contributed by atoms with Crippen LogP contribution in [0.1, 0.15) is 18.5 Å². The molecule has 0 saturated carbocycles. The molecule has 1 aliphatic heterocycles. The molecule has 0 bridgehead atoms. The van der Waals surface area contributed by atoms with Gasteiger partial charge < -0.3 is 25.2 Å². The van der Waals surface area contributed by atoms with Gasteiger partial charge in [0.1, 0.15) is 5.82 Å². The van der Waals surface area contributed by atoms with Crippen molar-refractivity contribution in [2.24, 2.45) is 4.99 Å². The van der Waals surface area contributed by atoms with Gasteiger partial charge in [-0.05, 0) is 25.0 Å². The lowest BCUT2D eigenvalue weighted by molar-refractivity contribution is -0.127. The first kappa shape index (κ1) is 20.0. The summed E-state index contributed by atoms with van der Waals surface area (Å²) in [7, 11) is 7.38. The number of aromatic nitrogens is 1. The highest BCUT2D eigenvalue weighted by Crippen LogP contribution is 2.11. The zero-order valence-corrected chi connectivity index (χ0v) is 16.2. The number of nitrogens with zero attached hydrogens (tertiary/aromatic N) is 4. The van der Waals surface area contributed by atoms with Crippen molar-refractivity contribution in [1.29, 1.82) is 0 Å². The number of aliphatic imine (C=N–C) groups is 1. The van der Waals surface area contributed by atoms with Crippen molar-refractivity contribution < 1.29 is 9.53 Å². The number of hydrogen-bond acceptors (Lipinski definition) is 5. The summed E-state index contributed by atoms with van der Waals surface area (Å²) in [5.74, 6) is 1.47. The Morgan fingerprint density at radius 3 is 2.77 bits per heavy atom. The Balaban J connectivity index is 1.99. The van der Waals surface area contributed by atoms with Crippen LogP contribution in [0.5, 0.6) is 0 Å². The molecule has 1 aromatic rings. The number of carbonyl (C=O) groups excluding carboxylic acids is 1. The lowest BCUT2D eigenvalue weighted by atomic mass is 10.2. The average molecular weight is 362 g/mol. The fourth-order valence-corrected chi connectivity index (χ4v) is 2.47. The van der Waals surface area contributed by atoms with Crippen molar-refractivity contribution >= 4 is 17.7 Å². The average Bonchev–Trinajstić information content (AvgIpc) is 3.14. The summed E-state index contributed by atoms with van der Waals surface area (Å²) < 4.78 is 5.63. The molecule has 1 unspecified atom stereocenters. The number of nitrogens with one attached hydrogen (secondary N) is 2. The van der Waals surface area contributed by atoms with Gasteiger partial charge in [0.15, 0.2) is 5.96 Å². The Kier molecular flexibility index (Phi) is 7.65. The van der Waals surface area contributed by atoms with Crippen LogP contribution < -0.4 is 15.5 Å². The third-order valence-electron chi connectivity index (χ3n) is 4.08. The standard InChI is InChI=1S/C18H30N6O2/c1-23(2)16-9-5-7-14(22-16)11-19-18(21-13-17(25)24(3)4)20-12-15-8-6-10-26-15/h5,7,9,15H,6,8,10-13H2,1-4H3,(H2,19,20,21). The summed E-state index contributed by atoms with van der Waals surface area (Å²) >= 11 is 0. The van der Waals surface area contributed by atoms with E-state index in [-0.39, 0.29) is 18.6 Å². The van der Waals surface area contributed by atoms with Crippen LogP contribution in [0.25, 0.3) is 0 Å². The molecule has 0 aromatic carbocycles. The molecular weight excluding hydrogens is 332 g/mol. The third-order valence-corrected chi connectivity index (χ3v) is 4.08. The maximum Gasteiger partial charge on any atom is 0.241 e. The van der Waals surface area contributed by atoms with Gasteiger partial charge in [-0.2, -0.15) is 0 Å². The SMILES string of the molecule is CN(C)C(=O)CNC(=NCc1cccc(N(C)C)n1)NCC1CCCO1. The quantitative estimate of drug-likeness (QED) is 0.541. The number of amides is 1. The van der Waals surface area contributed by atoms with Crippen LogP contribution in [0.2, 0.25) is 0 Å². The maximum atomic E-state index is 11.8. The summed E-state index contributed by atoms with van der Waals surface area (Å²) in [6, 6.07) is 5.87. The van der Waals surface area contributed by atoms with Gasteiger partial charge in [0.2, 0.25) is 5.91 Å². The topological polar surface area (TPSA) is 82.1 Å². The van der Waals surface area contributed by atoms with E-state index in [1.165, 1.54) is 0 Å². The van der Waals surface area contributed by atoms with Gasteiger partial charge in [-0.25, -0.2) is 9.98 Å². The van der Waals surface area contributed by atoms with Crippen LogP contribution in [0.4, 0.5) is 5.82 Å². The van der Waals surface area contributed by atoms with Crippen molar-refractivity contribution in [2.45, 2.75) is 25.5 Å². The van der Waals surface area contributed by atoms with Gasteiger partial charge in [0.25, 0.3) is 0 Å². The van der Waals surface area contributed by atoms with E-state index >= 15 is 0 Å². The van der Waals surface area contributed by atoms with E-state index < -0.39 is 0 Å². The predicted molar refractivity (Wildman–Crippen MR) is 103 cm³/mol. The molecule has 1 atom stereocenters. The van der Waals surface area contributed by atoms with Crippen LogP contribution in [-0.2, 0) is 16.1 Å². The van der Waals surface area contributed by atoms with Gasteiger partial charge in [-0.3, -0.25) is 4.79 Å². The second kappa shape index (κ2) is 9.96. The predicted octanol–water partition coefficient (Wildman–Crippen LogP) is 0.450. The van der Waals surface area contributed by atoms with Gasteiger partial charge in [0.05, 0.1) is 24.9 Å². The third kappa shape index (κ3) is 6.51. The smallest absolute Gasteiger partial charge is 0.241 e. The number of pyridine rings is 1. The molecule has 0 aliphatic carbocycles. The molecule has 8 heteroatoms. The zero-order chi connectivity index (χ0) is 18.9. The first-order chi connectivity index (χ1) is 12.5. The Labute approximate surface area is 155 Å². The molecule has 2 N–H and O–H groups in total. The highest BCUT2D eigenvalue weighted by Gasteiger charge is 2.16. The first-order valence-corrected chi connectivity index (χ1v) is 8.93. The van der Waals surface area contributed by atoms with Gasteiger partial charge in [-0.1, -0.05) is 6.07 Å². The van der Waals surface area contributed by atoms with Gasteiger partial charge in [-0.15, -0.1) is 0 Å². The summed E-state index contributed by atoms with van der Waals surface area (Å²) in [5.41, 5.74) is 0.869. The number of carbonyl (C=O) groups is 1. The Morgan fingerprint density at radius 2 is 2.12 bits per heavy atom. The van der Waals surface area contributed by atoms with Crippen LogP contribution in [0.15, 0.2) is 23.2 Å². The number of anilines is 1. The Morgan fingerprint density at radius 1 is 1.31 bits per heavy atom. The molecule has 1 aliphatic rings. The largest absolute Gasteiger partial charge is 0.376 e. The summed E-state index contributed by atoms with van der Waals surface area (Å²) in [5, 5.41) is 6.35. The van der Waals surface area contributed by atoms with E-state index in [9.17, 15) is 4.79 Å². The van der Waals surface area contributed by atoms with E-state index in [1.807, 2.05) is 37.2 Å². The van der Waals surface area contributed by atoms with Crippen molar-refractivity contribution in [3.05, 3.63) is 23.9 Å². The minimum Gasteiger partial charge on any atom is -0.376 e. The van der Waals surface area contributed by atoms with Crippen LogP contribution >= 0.6 is 0 Å². The Hall–Kier alpha value is -2.35. The van der Waals surface area contributed by atoms with Crippen LogP contribution in [-0.4, -0.2) is 75.7 Å². The number of likely N-dealkylation sites (N-methyl/N-ethyl adjacent to an activating group) is 1. The van der Waals surface area contributed by atoms with Crippen molar-refractivity contribution in [2.75, 3.05) is 52.8 Å². The normalized spacial score (nSPS) is 17.1. The van der Waals surface area contributed by atoms with E-state index in [2.05, 4.69) is 20.6 Å². The number of rotatable bonds is 7. The van der Waals surface area contributed by atoms with Gasteiger partial charge >= 0.3 is 0 Å². The van der Waals surface area contributed by atoms with Crippen molar-refractivity contribution in [3.8, 4) is 0 Å². The molecule has 1 amide bonds. The fraction of sp³-hybridized carbons (Fsp3) is 0.611. The first-order valence-electron chi connectivity index (χ1n) is 8.93. The zero-order valence-electron chi connectivity index (χ0n) is 16.2. The molecule has 1 fully saturated rings. The fourth-order valence-electron chi connectivity index (χ4n) is 2.47.